The van der Waals surface area contributed by atoms with Crippen molar-refractivity contribution in [2.45, 2.75) is 25.9 Å². The van der Waals surface area contributed by atoms with Gasteiger partial charge in [-0.3, -0.25) is 4.79 Å². The van der Waals surface area contributed by atoms with Crippen LogP contribution in [0.2, 0.25) is 0 Å². The molecule has 7 heteroatoms. The summed E-state index contributed by atoms with van der Waals surface area (Å²) in [5, 5.41) is 2.34. The molecule has 0 heterocycles. The fourth-order valence-corrected chi connectivity index (χ4v) is 1.65. The molecule has 104 valence electrons. The molecule has 0 aliphatic heterocycles. The Bertz CT molecular complexity index is 500. The third-order valence-electron chi connectivity index (χ3n) is 2.27. The number of carbonyl (C=O) groups excluding carboxylic acids is 2. The number of ketones is 1. The van der Waals surface area contributed by atoms with Crippen LogP contribution in [0.1, 0.15) is 25.3 Å². The molecule has 0 aliphatic carbocycles. The van der Waals surface area contributed by atoms with E-state index in [1.54, 1.807) is 0 Å². The van der Waals surface area contributed by atoms with Gasteiger partial charge in [0.05, 0.1) is 11.3 Å². The molecule has 1 rings (SSSR count). The van der Waals surface area contributed by atoms with Crippen LogP contribution >= 0.6 is 15.9 Å². The van der Waals surface area contributed by atoms with Gasteiger partial charge in [-0.25, -0.2) is 0 Å². The SMILES string of the molecule is CC(=O)CCC(=O)Nc1cc(C(F)(F)F)ccc1Br. The van der Waals surface area contributed by atoms with Crippen LogP contribution in [0.5, 0.6) is 0 Å². The Labute approximate surface area is 116 Å². The molecule has 1 aromatic carbocycles. The van der Waals surface area contributed by atoms with Gasteiger partial charge in [0, 0.05) is 17.3 Å². The molecule has 1 aromatic rings. The first kappa shape index (κ1) is 15.7. The summed E-state index contributed by atoms with van der Waals surface area (Å²) in [6.07, 6.45) is -4.47. The maximum Gasteiger partial charge on any atom is 0.416 e. The third kappa shape index (κ3) is 5.02. The molecule has 0 unspecified atom stereocenters. The van der Waals surface area contributed by atoms with E-state index >= 15 is 0 Å². The van der Waals surface area contributed by atoms with Crippen molar-refractivity contribution in [3.8, 4) is 0 Å². The van der Waals surface area contributed by atoms with Crippen LogP contribution in [0.4, 0.5) is 18.9 Å². The largest absolute Gasteiger partial charge is 0.416 e. The highest BCUT2D eigenvalue weighted by Crippen LogP contribution is 2.33. The van der Waals surface area contributed by atoms with Crippen LogP contribution in [0.25, 0.3) is 0 Å². The van der Waals surface area contributed by atoms with Gasteiger partial charge in [0.2, 0.25) is 5.91 Å². The number of hydrogen-bond donors (Lipinski definition) is 1. The van der Waals surface area contributed by atoms with E-state index < -0.39 is 17.6 Å². The van der Waals surface area contributed by atoms with E-state index in [9.17, 15) is 22.8 Å². The van der Waals surface area contributed by atoms with Crippen LogP contribution in [-0.2, 0) is 15.8 Å². The van der Waals surface area contributed by atoms with Crippen molar-refractivity contribution in [2.75, 3.05) is 5.32 Å². The Morgan fingerprint density at radius 3 is 2.42 bits per heavy atom. The molecule has 0 atom stereocenters. The molecule has 0 fully saturated rings. The molecule has 0 aromatic heterocycles. The molecule has 0 bridgehead atoms. The first-order valence-electron chi connectivity index (χ1n) is 5.36. The summed E-state index contributed by atoms with van der Waals surface area (Å²) >= 11 is 3.06. The normalized spacial score (nSPS) is 11.2. The molecule has 0 aliphatic rings. The van der Waals surface area contributed by atoms with Crippen LogP contribution in [0, 0.1) is 0 Å². The lowest BCUT2D eigenvalue weighted by molar-refractivity contribution is -0.137. The van der Waals surface area contributed by atoms with Gasteiger partial charge in [0.15, 0.2) is 0 Å². The number of anilines is 1. The predicted octanol–water partition coefficient (Wildman–Crippen LogP) is 3.78. The second-order valence-corrected chi connectivity index (χ2v) is 4.80. The smallest absolute Gasteiger partial charge is 0.325 e. The van der Waals surface area contributed by atoms with Gasteiger partial charge in [-0.2, -0.15) is 13.2 Å². The number of Topliss-reactive ketones (excluding diaryl/α,β-unsaturated/α-hetero) is 1. The van der Waals surface area contributed by atoms with E-state index in [0.717, 1.165) is 12.1 Å². The molecule has 0 saturated heterocycles. The lowest BCUT2D eigenvalue weighted by atomic mass is 10.2. The van der Waals surface area contributed by atoms with Gasteiger partial charge in [-0.1, -0.05) is 0 Å². The van der Waals surface area contributed by atoms with Gasteiger partial charge in [-0.05, 0) is 41.1 Å². The van der Waals surface area contributed by atoms with Crippen molar-refractivity contribution in [2.24, 2.45) is 0 Å². The first-order chi connectivity index (χ1) is 8.70. The highest BCUT2D eigenvalue weighted by Gasteiger charge is 2.31. The lowest BCUT2D eigenvalue weighted by Crippen LogP contribution is -2.14. The third-order valence-corrected chi connectivity index (χ3v) is 2.96. The molecule has 1 amide bonds. The summed E-state index contributed by atoms with van der Waals surface area (Å²) in [5.41, 5.74) is -0.819. The first-order valence-corrected chi connectivity index (χ1v) is 6.15. The molecular weight excluding hydrogens is 327 g/mol. The standard InChI is InChI=1S/C12H11BrF3NO2/c1-7(18)2-5-11(19)17-10-6-8(12(14,15)16)3-4-9(10)13/h3-4,6H,2,5H2,1H3,(H,17,19). The number of amides is 1. The number of alkyl halides is 3. The second-order valence-electron chi connectivity index (χ2n) is 3.94. The summed E-state index contributed by atoms with van der Waals surface area (Å²) in [5.74, 6) is -0.659. The number of carbonyl (C=O) groups is 2. The van der Waals surface area contributed by atoms with Crippen molar-refractivity contribution in [3.05, 3.63) is 28.2 Å². The van der Waals surface area contributed by atoms with Gasteiger partial charge in [0.1, 0.15) is 5.78 Å². The number of benzene rings is 1. The minimum Gasteiger partial charge on any atom is -0.325 e. The molecule has 0 spiro atoms. The van der Waals surface area contributed by atoms with Gasteiger partial charge >= 0.3 is 6.18 Å². The number of halogens is 4. The molecular formula is C12H11BrF3NO2. The zero-order valence-electron chi connectivity index (χ0n) is 9.97. The topological polar surface area (TPSA) is 46.2 Å². The Morgan fingerprint density at radius 1 is 1.26 bits per heavy atom. The average Bonchev–Trinajstić information content (AvgIpc) is 2.28. The van der Waals surface area contributed by atoms with Gasteiger partial charge in [-0.15, -0.1) is 0 Å². The van der Waals surface area contributed by atoms with E-state index in [4.69, 9.17) is 0 Å². The Kier molecular flexibility index (Phi) is 5.11. The number of rotatable bonds is 4. The molecule has 0 saturated carbocycles. The minimum absolute atomic E-state index is 0.0309. The Balaban J connectivity index is 2.83. The maximum absolute atomic E-state index is 12.5. The number of nitrogens with one attached hydrogen (secondary N) is 1. The highest BCUT2D eigenvalue weighted by atomic mass is 79.9. The van der Waals surface area contributed by atoms with E-state index in [2.05, 4.69) is 21.2 Å². The maximum atomic E-state index is 12.5. The van der Waals surface area contributed by atoms with Crippen molar-refractivity contribution >= 4 is 33.3 Å². The van der Waals surface area contributed by atoms with Crippen LogP contribution in [0.3, 0.4) is 0 Å². The molecule has 3 nitrogen and oxygen atoms in total. The van der Waals surface area contributed by atoms with Crippen LogP contribution in [-0.4, -0.2) is 11.7 Å². The summed E-state index contributed by atoms with van der Waals surface area (Å²) < 4.78 is 37.9. The minimum atomic E-state index is -4.47. The molecule has 1 N–H and O–H groups in total. The van der Waals surface area contributed by atoms with Crippen molar-refractivity contribution in [1.82, 2.24) is 0 Å². The zero-order valence-corrected chi connectivity index (χ0v) is 11.6. The monoisotopic (exact) mass is 337 g/mol. The molecule has 0 radical (unpaired) electrons. The quantitative estimate of drug-likeness (QED) is 0.908. The summed E-state index contributed by atoms with van der Waals surface area (Å²) in [4.78, 5) is 22.2. The Morgan fingerprint density at radius 2 is 1.89 bits per heavy atom. The predicted molar refractivity (Wildman–Crippen MR) is 67.7 cm³/mol. The summed E-state index contributed by atoms with van der Waals surface area (Å²) in [7, 11) is 0. The summed E-state index contributed by atoms with van der Waals surface area (Å²) in [6.45, 7) is 1.34. The van der Waals surface area contributed by atoms with Gasteiger partial charge < -0.3 is 10.1 Å². The second kappa shape index (κ2) is 6.18. The van der Waals surface area contributed by atoms with Crippen LogP contribution < -0.4 is 5.32 Å². The van der Waals surface area contributed by atoms with Crippen LogP contribution in [0.15, 0.2) is 22.7 Å². The van der Waals surface area contributed by atoms with E-state index in [1.165, 1.54) is 13.0 Å². The molecule has 19 heavy (non-hydrogen) atoms. The van der Waals surface area contributed by atoms with Gasteiger partial charge in [0.25, 0.3) is 0 Å². The highest BCUT2D eigenvalue weighted by molar-refractivity contribution is 9.10. The fourth-order valence-electron chi connectivity index (χ4n) is 1.30. The fraction of sp³-hybridized carbons (Fsp3) is 0.333. The average molecular weight is 338 g/mol. The zero-order chi connectivity index (χ0) is 14.6. The van der Waals surface area contributed by atoms with E-state index in [-0.39, 0.29) is 24.3 Å². The van der Waals surface area contributed by atoms with Crippen molar-refractivity contribution in [3.63, 3.8) is 0 Å². The van der Waals surface area contributed by atoms with E-state index in [0.29, 0.717) is 4.47 Å². The van der Waals surface area contributed by atoms with Crippen molar-refractivity contribution in [1.29, 1.82) is 0 Å². The van der Waals surface area contributed by atoms with E-state index in [1.807, 2.05) is 0 Å². The number of hydrogen-bond acceptors (Lipinski definition) is 2. The lowest BCUT2D eigenvalue weighted by Gasteiger charge is -2.11. The Hall–Kier alpha value is -1.37. The summed E-state index contributed by atoms with van der Waals surface area (Å²) in [6, 6.07) is 2.97. The van der Waals surface area contributed by atoms with Crippen molar-refractivity contribution < 1.29 is 22.8 Å².